The molecule has 0 unspecified atom stereocenters. The Hall–Kier alpha value is -7.28. The number of carboxylic acid groups (broad SMARTS) is 1. The van der Waals surface area contributed by atoms with Crippen molar-refractivity contribution in [3.05, 3.63) is 138 Å². The van der Waals surface area contributed by atoms with Gasteiger partial charge in [0, 0.05) is 75.0 Å². The summed E-state index contributed by atoms with van der Waals surface area (Å²) in [4.78, 5) is 53.7. The SMILES string of the molecule is Cc1ccc(S(=O)(=O)N(CCCCCC(=O)O)C(=O)c2c3ccccc3[n+](CCCS(=O)(=O)N3CCN(CCS(=O)(=O)c4cccc(N5C(=O)c6cc(S(=O)(=O)[O-])cc7c(N)c(S(=O)(=O)[O-])cc(c67)C5=O)c4)CC3)c3ccccc23)cc1. The van der Waals surface area contributed by atoms with Crippen LogP contribution in [0.2, 0.25) is 0 Å². The molecular weight excluding hydrogens is 1160 g/mol. The molecule has 3 amide bonds. The van der Waals surface area contributed by atoms with Gasteiger partial charge in [0.25, 0.3) is 27.7 Å². The Kier molecular flexibility index (Phi) is 16.5. The van der Waals surface area contributed by atoms with Gasteiger partial charge in [0.1, 0.15) is 20.2 Å². The number of carboxylic acids is 1. The van der Waals surface area contributed by atoms with Crippen molar-refractivity contribution in [2.45, 2.75) is 65.2 Å². The van der Waals surface area contributed by atoms with Crippen LogP contribution >= 0.6 is 0 Å². The number of nitrogens with two attached hydrogens (primary N) is 1. The topological polar surface area (TPSA) is 348 Å². The maximum absolute atomic E-state index is 14.9. The van der Waals surface area contributed by atoms with Crippen molar-refractivity contribution < 1.29 is 80.0 Å². The van der Waals surface area contributed by atoms with Gasteiger partial charge in [-0.1, -0.05) is 54.4 Å². The number of amides is 3. The zero-order valence-electron chi connectivity index (χ0n) is 43.7. The molecule has 1 saturated heterocycles. The molecule has 7 aromatic rings. The molecule has 1 aromatic heterocycles. The summed E-state index contributed by atoms with van der Waals surface area (Å²) in [6.07, 6.45) is 0.851. The maximum atomic E-state index is 14.9. The number of aromatic nitrogens is 1. The highest BCUT2D eigenvalue weighted by Crippen LogP contribution is 2.41. The van der Waals surface area contributed by atoms with Crippen molar-refractivity contribution >= 4 is 118 Å². The van der Waals surface area contributed by atoms with Gasteiger partial charge in [0.05, 0.1) is 69.9 Å². The molecule has 28 heteroatoms. The van der Waals surface area contributed by atoms with Gasteiger partial charge in [-0.3, -0.25) is 24.1 Å². The highest BCUT2D eigenvalue weighted by atomic mass is 32.2. The number of para-hydroxylation sites is 2. The van der Waals surface area contributed by atoms with E-state index >= 15 is 0 Å². The molecule has 82 heavy (non-hydrogen) atoms. The fourth-order valence-corrected chi connectivity index (χ4v) is 15.7. The monoisotopic (exact) mass is 1220 g/mol. The summed E-state index contributed by atoms with van der Waals surface area (Å²) in [5.41, 5.74) is 5.66. The van der Waals surface area contributed by atoms with E-state index in [-0.39, 0.29) is 104 Å². The minimum absolute atomic E-state index is 0.0268. The second kappa shape index (κ2) is 22.8. The number of hydrogen-bond acceptors (Lipinski definition) is 18. The zero-order valence-corrected chi connectivity index (χ0v) is 47.8. The van der Waals surface area contributed by atoms with Crippen molar-refractivity contribution in [3.8, 4) is 0 Å². The Morgan fingerprint density at radius 3 is 1.85 bits per heavy atom. The molecular formula is C54H53N6O17S5-. The van der Waals surface area contributed by atoms with Crippen LogP contribution in [0.15, 0.2) is 135 Å². The van der Waals surface area contributed by atoms with Crippen LogP contribution in [0.1, 0.15) is 68.7 Å². The van der Waals surface area contributed by atoms with Crippen LogP contribution in [-0.4, -0.2) is 144 Å². The second-order valence-electron chi connectivity index (χ2n) is 19.8. The summed E-state index contributed by atoms with van der Waals surface area (Å²) >= 11 is 0. The number of hydrogen-bond donors (Lipinski definition) is 2. The van der Waals surface area contributed by atoms with E-state index in [9.17, 15) is 70.4 Å². The molecule has 9 rings (SSSR count). The summed E-state index contributed by atoms with van der Waals surface area (Å²) in [5.74, 6) is -4.98. The fraction of sp³-hybridized carbons (Fsp3) is 0.278. The standard InChI is InChI=1S/C54H54N6O17S5/c1-35-18-20-37(21-19-35)80(70,71)59(23-8-2-3-17-48(61)62)54(65)50-40-13-4-6-15-45(40)58(46-16-7-5-14-41(46)50)22-10-29-79(68,69)57-26-24-56(25-27-57)28-30-78(66,67)38-12-9-11-36(31-38)60-52(63)43-33-39(81(72,73)74)32-42-49(43)44(53(60)64)34-47(51(42)55)82(75,76)77/h4-7,9,11-16,18-21,31-34H,2-3,8,10,17,22-30H2,1H3,(H4-,55,61,62,63,64,72,73,74,75,76,77)/p-1. The van der Waals surface area contributed by atoms with Gasteiger partial charge < -0.3 is 19.9 Å². The normalized spacial score (nSPS) is 14.9. The van der Waals surface area contributed by atoms with E-state index < -0.39 is 112 Å². The van der Waals surface area contributed by atoms with E-state index in [1.165, 1.54) is 34.6 Å². The maximum Gasteiger partial charge on any atom is 0.303 e. The van der Waals surface area contributed by atoms with Crippen molar-refractivity contribution in [1.29, 1.82) is 0 Å². The lowest BCUT2D eigenvalue weighted by molar-refractivity contribution is -0.645. The smallest absolute Gasteiger partial charge is 0.303 e. The van der Waals surface area contributed by atoms with Crippen molar-refractivity contribution in [2.24, 2.45) is 0 Å². The first-order chi connectivity index (χ1) is 38.6. The molecule has 2 aliphatic heterocycles. The molecule has 3 N–H and O–H groups in total. The summed E-state index contributed by atoms with van der Waals surface area (Å²) in [7, 11) is -23.3. The number of carbonyl (C=O) groups excluding carboxylic acids is 3. The van der Waals surface area contributed by atoms with Crippen LogP contribution < -0.4 is 15.2 Å². The molecule has 432 valence electrons. The van der Waals surface area contributed by atoms with Crippen LogP contribution in [0.5, 0.6) is 0 Å². The summed E-state index contributed by atoms with van der Waals surface area (Å²) in [6, 6.07) is 26.5. The third-order valence-corrected chi connectivity index (χ3v) is 21.6. The molecule has 3 heterocycles. The first kappa shape index (κ1) is 59.3. The van der Waals surface area contributed by atoms with Crippen LogP contribution in [0, 0.1) is 6.92 Å². The Morgan fingerprint density at radius 1 is 0.646 bits per heavy atom. The molecule has 0 bridgehead atoms. The van der Waals surface area contributed by atoms with Gasteiger partial charge in [-0.15, -0.1) is 0 Å². The molecule has 0 spiro atoms. The largest absolute Gasteiger partial charge is 0.744 e. The number of nitrogens with zero attached hydrogens (tertiary/aromatic N) is 5. The van der Waals surface area contributed by atoms with Gasteiger partial charge in [0.15, 0.2) is 16.4 Å². The Morgan fingerprint density at radius 2 is 1.26 bits per heavy atom. The average molecular weight is 1220 g/mol. The Balaban J connectivity index is 0.874. The molecule has 0 atom stereocenters. The van der Waals surface area contributed by atoms with Gasteiger partial charge >= 0.3 is 5.97 Å². The summed E-state index contributed by atoms with van der Waals surface area (Å²) in [6.45, 7) is 2.05. The number of fused-ring (bicyclic) bond motifs is 2. The van der Waals surface area contributed by atoms with Crippen LogP contribution in [0.25, 0.3) is 32.6 Å². The highest BCUT2D eigenvalue weighted by Gasteiger charge is 2.39. The molecule has 0 radical (unpaired) electrons. The van der Waals surface area contributed by atoms with Crippen molar-refractivity contribution in [3.63, 3.8) is 0 Å². The Bertz CT molecular complexity index is 4300. The number of rotatable bonds is 21. The molecule has 2 aliphatic rings. The number of carbonyl (C=O) groups is 4. The van der Waals surface area contributed by atoms with Gasteiger partial charge in [0.2, 0.25) is 21.1 Å². The van der Waals surface area contributed by atoms with Crippen LogP contribution in [-0.2, 0) is 61.5 Å². The lowest BCUT2D eigenvalue weighted by atomic mass is 9.92. The third-order valence-electron chi connectivity index (χ3n) is 14.5. The van der Waals surface area contributed by atoms with Crippen LogP contribution in [0.4, 0.5) is 11.4 Å². The lowest BCUT2D eigenvalue weighted by Crippen LogP contribution is -2.50. The first-order valence-electron chi connectivity index (χ1n) is 25.5. The van der Waals surface area contributed by atoms with Gasteiger partial charge in [-0.2, -0.15) is 8.87 Å². The van der Waals surface area contributed by atoms with Crippen LogP contribution in [0.3, 0.4) is 0 Å². The van der Waals surface area contributed by atoms with Crippen molar-refractivity contribution in [2.75, 3.05) is 61.4 Å². The summed E-state index contributed by atoms with van der Waals surface area (Å²) in [5, 5.41) is 9.14. The number of unbranched alkanes of at least 4 members (excludes halogenated alkanes) is 2. The quantitative estimate of drug-likeness (QED) is 0.0254. The number of nitrogen functional groups attached to an aromatic ring is 1. The Labute approximate surface area is 472 Å². The van der Waals surface area contributed by atoms with E-state index in [2.05, 4.69) is 0 Å². The van der Waals surface area contributed by atoms with E-state index in [1.54, 1.807) is 72.5 Å². The van der Waals surface area contributed by atoms with Crippen molar-refractivity contribution in [1.82, 2.24) is 13.5 Å². The highest BCUT2D eigenvalue weighted by molar-refractivity contribution is 7.91. The van der Waals surface area contributed by atoms with E-state index in [0.29, 0.717) is 51.3 Å². The predicted molar refractivity (Wildman–Crippen MR) is 297 cm³/mol. The first-order valence-corrected chi connectivity index (χ1v) is 33.0. The summed E-state index contributed by atoms with van der Waals surface area (Å²) < 4.78 is 161. The number of anilines is 2. The van der Waals surface area contributed by atoms with E-state index in [1.807, 2.05) is 4.57 Å². The van der Waals surface area contributed by atoms with Gasteiger partial charge in [-0.05, 0) is 80.4 Å². The number of piperazine rings is 1. The molecule has 6 aromatic carbocycles. The zero-order chi connectivity index (χ0) is 59.3. The fourth-order valence-electron chi connectivity index (χ4n) is 10.3. The third kappa shape index (κ3) is 11.8. The molecule has 0 aliphatic carbocycles. The number of aliphatic carboxylic acids is 1. The number of imide groups is 1. The number of benzene rings is 6. The average Bonchev–Trinajstić information content (AvgIpc) is 1.07. The van der Waals surface area contributed by atoms with Gasteiger partial charge in [-0.25, -0.2) is 51.3 Å². The lowest BCUT2D eigenvalue weighted by Gasteiger charge is -2.33. The number of sulfone groups is 1. The number of pyridine rings is 1. The number of sulfonamides is 2. The second-order valence-corrected chi connectivity index (χ2v) is 28.6. The van der Waals surface area contributed by atoms with E-state index in [0.717, 1.165) is 15.9 Å². The van der Waals surface area contributed by atoms with E-state index in [4.69, 9.17) is 10.8 Å². The predicted octanol–water partition coefficient (Wildman–Crippen LogP) is 4.22. The molecule has 23 nitrogen and oxygen atoms in total. The number of aryl methyl sites for hydroxylation is 2. The molecule has 1 fully saturated rings. The molecule has 0 saturated carbocycles. The minimum atomic E-state index is -5.42. The minimum Gasteiger partial charge on any atom is -0.744 e.